The zero-order valence-corrected chi connectivity index (χ0v) is 21.9. The maximum Gasteiger partial charge on any atom is 0.216 e. The molecule has 3 heteroatoms. The Labute approximate surface area is 233 Å². The van der Waals surface area contributed by atoms with Crippen LogP contribution in [0.4, 0.5) is 17.1 Å². The highest BCUT2D eigenvalue weighted by molar-refractivity contribution is 6.25. The van der Waals surface area contributed by atoms with Crippen molar-refractivity contribution in [2.24, 2.45) is 0 Å². The number of nitrogens with zero attached hydrogens (tertiary/aromatic N) is 1. The maximum atomic E-state index is 9.67. The molecule has 0 aliphatic carbocycles. The van der Waals surface area contributed by atoms with Gasteiger partial charge in [-0.25, -0.2) is 0 Å². The number of hydrogen-bond acceptors (Lipinski definition) is 3. The fraction of sp³-hybridized carbons (Fsp3) is 0.0270. The third kappa shape index (κ3) is 4.14. The number of hydrogen-bond donors (Lipinski definition) is 1. The Balaban J connectivity index is 1.33. The summed E-state index contributed by atoms with van der Waals surface area (Å²) in [6.45, 7) is 3.55. The van der Waals surface area contributed by atoms with Gasteiger partial charge in [-0.3, -0.25) is 0 Å². The van der Waals surface area contributed by atoms with Crippen molar-refractivity contribution in [3.05, 3.63) is 146 Å². The topological polar surface area (TPSA) is 32.7 Å². The number of anilines is 3. The average Bonchev–Trinajstić information content (AvgIpc) is 3.02. The smallest absolute Gasteiger partial charge is 0.216 e. The normalized spacial score (nSPS) is 12.1. The van der Waals surface area contributed by atoms with E-state index in [1.807, 2.05) is 24.3 Å². The van der Waals surface area contributed by atoms with Crippen molar-refractivity contribution in [2.75, 3.05) is 4.90 Å². The van der Waals surface area contributed by atoms with Crippen molar-refractivity contribution in [2.45, 2.75) is 6.29 Å². The van der Waals surface area contributed by atoms with E-state index in [1.54, 1.807) is 0 Å². The first-order valence-corrected chi connectivity index (χ1v) is 13.4. The molecule has 1 N–H and O–H groups in total. The van der Waals surface area contributed by atoms with Crippen LogP contribution in [0.2, 0.25) is 0 Å². The van der Waals surface area contributed by atoms with Crippen molar-refractivity contribution >= 4 is 49.4 Å². The first-order chi connectivity index (χ1) is 19.7. The number of para-hydroxylation sites is 1. The summed E-state index contributed by atoms with van der Waals surface area (Å²) in [6, 6.07) is 46.8. The fourth-order valence-electron chi connectivity index (χ4n) is 5.64. The van der Waals surface area contributed by atoms with Gasteiger partial charge in [0.1, 0.15) is 5.75 Å². The lowest BCUT2D eigenvalue weighted by molar-refractivity contribution is 0.0251. The molecule has 3 nitrogen and oxygen atoms in total. The van der Waals surface area contributed by atoms with Crippen molar-refractivity contribution in [1.82, 2.24) is 0 Å². The van der Waals surface area contributed by atoms with Crippen LogP contribution < -0.4 is 9.64 Å². The van der Waals surface area contributed by atoms with Crippen LogP contribution in [0.15, 0.2) is 146 Å². The van der Waals surface area contributed by atoms with Gasteiger partial charge >= 0.3 is 0 Å². The summed E-state index contributed by atoms with van der Waals surface area (Å²) in [5.74, 6) is 0.594. The van der Waals surface area contributed by atoms with Crippen molar-refractivity contribution < 1.29 is 9.84 Å². The van der Waals surface area contributed by atoms with E-state index in [4.69, 9.17) is 4.74 Å². The van der Waals surface area contributed by atoms with Crippen molar-refractivity contribution in [3.63, 3.8) is 0 Å². The molecule has 1 unspecified atom stereocenters. The van der Waals surface area contributed by atoms with Crippen LogP contribution in [-0.4, -0.2) is 11.4 Å². The Morgan fingerprint density at radius 3 is 1.82 bits per heavy atom. The Bertz CT molecular complexity index is 1930. The molecule has 1 atom stereocenters. The second kappa shape index (κ2) is 9.88. The van der Waals surface area contributed by atoms with Gasteiger partial charge in [0.2, 0.25) is 6.29 Å². The summed E-state index contributed by atoms with van der Waals surface area (Å²) in [5.41, 5.74) is 5.50. The van der Waals surface area contributed by atoms with Gasteiger partial charge in [0.15, 0.2) is 0 Å². The molecule has 7 rings (SSSR count). The van der Waals surface area contributed by atoms with E-state index in [0.29, 0.717) is 5.75 Å². The van der Waals surface area contributed by atoms with E-state index >= 15 is 0 Å². The molecule has 0 saturated heterocycles. The molecule has 192 valence electrons. The molecule has 0 amide bonds. The van der Waals surface area contributed by atoms with Crippen LogP contribution in [0.1, 0.15) is 0 Å². The number of ether oxygens (including phenoxy) is 1. The molecular weight excluding hydrogens is 490 g/mol. The highest BCUT2D eigenvalue weighted by Crippen LogP contribution is 2.44. The number of rotatable bonds is 7. The Hall–Kier alpha value is -5.12. The van der Waals surface area contributed by atoms with E-state index in [2.05, 4.69) is 121 Å². The summed E-state index contributed by atoms with van der Waals surface area (Å²) in [5, 5.41) is 17.3. The van der Waals surface area contributed by atoms with Crippen LogP contribution in [0, 0.1) is 0 Å². The lowest BCUT2D eigenvalue weighted by atomic mass is 9.93. The molecule has 0 spiro atoms. The van der Waals surface area contributed by atoms with Crippen molar-refractivity contribution in [1.29, 1.82) is 0 Å². The summed E-state index contributed by atoms with van der Waals surface area (Å²) < 4.78 is 5.41. The van der Waals surface area contributed by atoms with Gasteiger partial charge < -0.3 is 14.7 Å². The molecular formula is C37H27NO2. The van der Waals surface area contributed by atoms with E-state index in [0.717, 1.165) is 28.2 Å². The molecule has 0 aliphatic rings. The molecule has 7 aromatic rings. The Morgan fingerprint density at radius 2 is 1.15 bits per heavy atom. The Kier molecular flexibility index (Phi) is 5.92. The number of aliphatic hydroxyl groups is 1. The van der Waals surface area contributed by atoms with E-state index < -0.39 is 6.29 Å². The molecule has 0 saturated carbocycles. The second-order valence-corrected chi connectivity index (χ2v) is 9.93. The monoisotopic (exact) mass is 517 g/mol. The van der Waals surface area contributed by atoms with E-state index in [1.165, 1.54) is 38.4 Å². The SMILES string of the molecule is C=CC(O)Oc1ccc(-c2ccc(N(c3ccccc3)c3ccc4ccc5cccc6ccc3c4c56)cc2)cc1. The second-order valence-electron chi connectivity index (χ2n) is 9.93. The highest BCUT2D eigenvalue weighted by atomic mass is 16.6. The first-order valence-electron chi connectivity index (χ1n) is 13.4. The van der Waals surface area contributed by atoms with Crippen LogP contribution in [0.25, 0.3) is 43.4 Å². The van der Waals surface area contributed by atoms with Gasteiger partial charge in [-0.1, -0.05) is 97.6 Å². The van der Waals surface area contributed by atoms with Gasteiger partial charge in [0.05, 0.1) is 5.69 Å². The molecule has 7 aromatic carbocycles. The molecule has 40 heavy (non-hydrogen) atoms. The summed E-state index contributed by atoms with van der Waals surface area (Å²) >= 11 is 0. The molecule has 0 heterocycles. The quantitative estimate of drug-likeness (QED) is 0.130. The average molecular weight is 518 g/mol. The lowest BCUT2D eigenvalue weighted by Crippen LogP contribution is -2.11. The Morgan fingerprint density at radius 1 is 0.575 bits per heavy atom. The molecule has 0 fully saturated rings. The lowest BCUT2D eigenvalue weighted by Gasteiger charge is -2.28. The fourth-order valence-corrected chi connectivity index (χ4v) is 5.64. The van der Waals surface area contributed by atoms with E-state index in [9.17, 15) is 5.11 Å². The molecule has 0 aromatic heterocycles. The van der Waals surface area contributed by atoms with Crippen LogP contribution in [-0.2, 0) is 0 Å². The van der Waals surface area contributed by atoms with Gasteiger partial charge in [-0.15, -0.1) is 0 Å². The van der Waals surface area contributed by atoms with Crippen molar-refractivity contribution in [3.8, 4) is 16.9 Å². The largest absolute Gasteiger partial charge is 0.461 e. The van der Waals surface area contributed by atoms with Crippen LogP contribution >= 0.6 is 0 Å². The predicted octanol–water partition coefficient (Wildman–Crippen LogP) is 9.60. The highest BCUT2D eigenvalue weighted by Gasteiger charge is 2.18. The number of benzene rings is 7. The number of aliphatic hydroxyl groups excluding tert-OH is 1. The van der Waals surface area contributed by atoms with Gasteiger partial charge in [-0.05, 0) is 86.6 Å². The third-order valence-electron chi connectivity index (χ3n) is 7.53. The predicted molar refractivity (Wildman–Crippen MR) is 167 cm³/mol. The molecule has 0 radical (unpaired) electrons. The summed E-state index contributed by atoms with van der Waals surface area (Å²) in [6.07, 6.45) is 0.334. The van der Waals surface area contributed by atoms with Crippen LogP contribution in [0.5, 0.6) is 5.75 Å². The molecule has 0 aliphatic heterocycles. The third-order valence-corrected chi connectivity index (χ3v) is 7.53. The van der Waals surface area contributed by atoms with Gasteiger partial charge in [-0.2, -0.15) is 0 Å². The van der Waals surface area contributed by atoms with Crippen LogP contribution in [0.3, 0.4) is 0 Å². The van der Waals surface area contributed by atoms with E-state index in [-0.39, 0.29) is 0 Å². The minimum absolute atomic E-state index is 0.594. The van der Waals surface area contributed by atoms with Gasteiger partial charge in [0.25, 0.3) is 0 Å². The maximum absolute atomic E-state index is 9.67. The minimum atomic E-state index is -1.02. The zero-order chi connectivity index (χ0) is 27.1. The standard InChI is InChI=1S/C37H27NO2/c1-2-35(39)40-32-21-15-26(16-22-32)25-13-19-31(20-14-25)38(30-9-4-3-5-10-30)34-24-18-29-12-11-27-7-6-8-28-17-23-33(34)37(29)36(27)28/h2-24,35,39H,1H2. The first kappa shape index (κ1) is 24.0. The van der Waals surface area contributed by atoms with Gasteiger partial charge in [0, 0.05) is 16.8 Å². The summed E-state index contributed by atoms with van der Waals surface area (Å²) in [7, 11) is 0. The molecule has 0 bridgehead atoms. The summed E-state index contributed by atoms with van der Waals surface area (Å²) in [4.78, 5) is 2.34. The zero-order valence-electron chi connectivity index (χ0n) is 21.9. The minimum Gasteiger partial charge on any atom is -0.461 e.